The predicted molar refractivity (Wildman–Crippen MR) is 76.6 cm³/mol. The van der Waals surface area contributed by atoms with E-state index in [0.29, 0.717) is 11.6 Å². The van der Waals surface area contributed by atoms with Gasteiger partial charge in [-0.15, -0.1) is 0 Å². The average molecular weight is 324 g/mol. The minimum Gasteiger partial charge on any atom is -0.481 e. The minimum absolute atomic E-state index is 0.264. The van der Waals surface area contributed by atoms with Crippen molar-refractivity contribution in [1.82, 2.24) is 9.78 Å². The van der Waals surface area contributed by atoms with Gasteiger partial charge in [0, 0.05) is 23.3 Å². The zero-order valence-electron chi connectivity index (χ0n) is 10.9. The molecule has 0 aliphatic heterocycles. The van der Waals surface area contributed by atoms with Gasteiger partial charge in [-0.25, -0.2) is 4.68 Å². The molecule has 100 valence electrons. The average Bonchev–Trinajstić information content (AvgIpc) is 2.75. The number of benzene rings is 1. The third-order valence-electron chi connectivity index (χ3n) is 2.73. The van der Waals surface area contributed by atoms with Crippen LogP contribution in [0.3, 0.4) is 0 Å². The molecule has 0 atom stereocenters. The summed E-state index contributed by atoms with van der Waals surface area (Å²) in [5.74, 6) is 0.274. The first-order valence-corrected chi connectivity index (χ1v) is 6.46. The third-order valence-corrected chi connectivity index (χ3v) is 3.22. The molecular weight excluding hydrogens is 310 g/mol. The zero-order valence-corrected chi connectivity index (χ0v) is 12.5. The summed E-state index contributed by atoms with van der Waals surface area (Å²) in [5, 5.41) is 6.93. The van der Waals surface area contributed by atoms with Gasteiger partial charge in [0.05, 0.1) is 7.11 Å². The number of aryl methyl sites for hydroxylation is 2. The topological polar surface area (TPSA) is 56.1 Å². The molecule has 0 spiro atoms. The number of halogens is 1. The van der Waals surface area contributed by atoms with Crippen LogP contribution in [-0.2, 0) is 7.05 Å². The van der Waals surface area contributed by atoms with E-state index in [1.54, 1.807) is 13.1 Å². The molecule has 0 radical (unpaired) electrons. The Morgan fingerprint density at radius 2 is 2.16 bits per heavy atom. The van der Waals surface area contributed by atoms with Gasteiger partial charge in [0.25, 0.3) is 5.91 Å². The number of methoxy groups -OCH3 is 1. The molecule has 0 bridgehead atoms. The van der Waals surface area contributed by atoms with E-state index in [1.165, 1.54) is 11.8 Å². The van der Waals surface area contributed by atoms with Crippen LogP contribution in [0.4, 0.5) is 5.69 Å². The van der Waals surface area contributed by atoms with Crippen molar-refractivity contribution in [3.8, 4) is 5.88 Å². The molecule has 2 rings (SSSR count). The lowest BCUT2D eigenvalue weighted by molar-refractivity contribution is 0.102. The van der Waals surface area contributed by atoms with Gasteiger partial charge in [0.15, 0.2) is 5.69 Å². The first kappa shape index (κ1) is 13.6. The monoisotopic (exact) mass is 323 g/mol. The van der Waals surface area contributed by atoms with Crippen LogP contribution in [0.2, 0.25) is 0 Å². The van der Waals surface area contributed by atoms with E-state index in [2.05, 4.69) is 26.3 Å². The Labute approximate surface area is 119 Å². The van der Waals surface area contributed by atoms with Crippen LogP contribution in [0.5, 0.6) is 5.88 Å². The first-order chi connectivity index (χ1) is 9.01. The molecular formula is C13H14BrN3O2. The van der Waals surface area contributed by atoms with Crippen LogP contribution < -0.4 is 10.1 Å². The molecule has 1 aromatic heterocycles. The number of ether oxygens (including phenoxy) is 1. The lowest BCUT2D eigenvalue weighted by Gasteiger charge is -2.07. The van der Waals surface area contributed by atoms with E-state index in [-0.39, 0.29) is 5.91 Å². The molecule has 1 N–H and O–H groups in total. The van der Waals surface area contributed by atoms with E-state index in [9.17, 15) is 4.79 Å². The number of rotatable bonds is 3. The normalized spacial score (nSPS) is 10.3. The van der Waals surface area contributed by atoms with Crippen LogP contribution in [0.15, 0.2) is 28.7 Å². The van der Waals surface area contributed by atoms with Crippen LogP contribution in [0.25, 0.3) is 0 Å². The lowest BCUT2D eigenvalue weighted by atomic mass is 10.2. The minimum atomic E-state index is -0.264. The zero-order chi connectivity index (χ0) is 14.0. The Hall–Kier alpha value is -1.82. The standard InChI is InChI=1S/C13H14BrN3O2/c1-8-4-5-9(14)6-10(8)15-13(18)11-7-12(19-3)17(2)16-11/h4-7H,1-3H3,(H,15,18). The summed E-state index contributed by atoms with van der Waals surface area (Å²) >= 11 is 3.38. The fourth-order valence-corrected chi connectivity index (χ4v) is 2.03. The molecule has 0 saturated carbocycles. The second-order valence-corrected chi connectivity index (χ2v) is 5.02. The highest BCUT2D eigenvalue weighted by Crippen LogP contribution is 2.21. The number of aromatic nitrogens is 2. The van der Waals surface area contributed by atoms with E-state index >= 15 is 0 Å². The Morgan fingerprint density at radius 3 is 2.79 bits per heavy atom. The highest BCUT2D eigenvalue weighted by molar-refractivity contribution is 9.10. The number of hydrogen-bond donors (Lipinski definition) is 1. The molecule has 0 fully saturated rings. The molecule has 6 heteroatoms. The predicted octanol–water partition coefficient (Wildman–Crippen LogP) is 2.75. The lowest BCUT2D eigenvalue weighted by Crippen LogP contribution is -2.13. The molecule has 0 saturated heterocycles. The van der Waals surface area contributed by atoms with Gasteiger partial charge in [-0.1, -0.05) is 22.0 Å². The SMILES string of the molecule is COc1cc(C(=O)Nc2cc(Br)ccc2C)nn1C. The molecule has 19 heavy (non-hydrogen) atoms. The Morgan fingerprint density at radius 1 is 1.42 bits per heavy atom. The highest BCUT2D eigenvalue weighted by Gasteiger charge is 2.14. The molecule has 1 heterocycles. The van der Waals surface area contributed by atoms with Crippen molar-refractivity contribution < 1.29 is 9.53 Å². The Kier molecular flexibility index (Phi) is 3.90. The van der Waals surface area contributed by atoms with Crippen molar-refractivity contribution in [1.29, 1.82) is 0 Å². The van der Waals surface area contributed by atoms with Crippen molar-refractivity contribution in [3.63, 3.8) is 0 Å². The fraction of sp³-hybridized carbons (Fsp3) is 0.231. The van der Waals surface area contributed by atoms with E-state index in [1.807, 2.05) is 25.1 Å². The van der Waals surface area contributed by atoms with E-state index in [0.717, 1.165) is 15.7 Å². The Bertz CT molecular complexity index is 622. The molecule has 1 aromatic carbocycles. The summed E-state index contributed by atoms with van der Waals surface area (Å²) < 4.78 is 7.51. The van der Waals surface area contributed by atoms with Crippen molar-refractivity contribution in [2.24, 2.45) is 7.05 Å². The quantitative estimate of drug-likeness (QED) is 0.944. The summed E-state index contributed by atoms with van der Waals surface area (Å²) in [6, 6.07) is 7.31. The molecule has 5 nitrogen and oxygen atoms in total. The van der Waals surface area contributed by atoms with Crippen LogP contribution in [0.1, 0.15) is 16.1 Å². The van der Waals surface area contributed by atoms with Crippen molar-refractivity contribution >= 4 is 27.5 Å². The molecule has 0 unspecified atom stereocenters. The maximum atomic E-state index is 12.1. The summed E-state index contributed by atoms with van der Waals surface area (Å²) in [6.07, 6.45) is 0. The number of hydrogen-bond acceptors (Lipinski definition) is 3. The molecule has 0 aliphatic carbocycles. The number of anilines is 1. The molecule has 2 aromatic rings. The summed E-state index contributed by atoms with van der Waals surface area (Å²) in [4.78, 5) is 12.1. The van der Waals surface area contributed by atoms with Gasteiger partial charge in [-0.3, -0.25) is 4.79 Å². The number of carbonyl (C=O) groups is 1. The fourth-order valence-electron chi connectivity index (χ4n) is 1.67. The van der Waals surface area contributed by atoms with Gasteiger partial charge in [-0.05, 0) is 24.6 Å². The number of amides is 1. The number of nitrogens with one attached hydrogen (secondary N) is 1. The van der Waals surface area contributed by atoms with Gasteiger partial charge in [0.2, 0.25) is 5.88 Å². The van der Waals surface area contributed by atoms with E-state index < -0.39 is 0 Å². The maximum absolute atomic E-state index is 12.1. The van der Waals surface area contributed by atoms with Crippen LogP contribution in [-0.4, -0.2) is 22.8 Å². The smallest absolute Gasteiger partial charge is 0.276 e. The second-order valence-electron chi connectivity index (χ2n) is 4.11. The molecule has 0 aliphatic rings. The summed E-state index contributed by atoms with van der Waals surface area (Å²) in [6.45, 7) is 1.93. The van der Waals surface area contributed by atoms with E-state index in [4.69, 9.17) is 4.74 Å². The van der Waals surface area contributed by atoms with Gasteiger partial charge in [-0.2, -0.15) is 5.10 Å². The van der Waals surface area contributed by atoms with Crippen molar-refractivity contribution in [3.05, 3.63) is 40.0 Å². The number of carbonyl (C=O) groups excluding carboxylic acids is 1. The van der Waals surface area contributed by atoms with Gasteiger partial charge in [0.1, 0.15) is 0 Å². The first-order valence-electron chi connectivity index (χ1n) is 5.67. The third kappa shape index (κ3) is 2.96. The van der Waals surface area contributed by atoms with Gasteiger partial charge < -0.3 is 10.1 Å². The second kappa shape index (κ2) is 5.44. The maximum Gasteiger partial charge on any atom is 0.276 e. The highest BCUT2D eigenvalue weighted by atomic mass is 79.9. The van der Waals surface area contributed by atoms with Crippen LogP contribution >= 0.6 is 15.9 Å². The van der Waals surface area contributed by atoms with Gasteiger partial charge >= 0.3 is 0 Å². The summed E-state index contributed by atoms with van der Waals surface area (Å²) in [7, 11) is 3.26. The van der Waals surface area contributed by atoms with Crippen molar-refractivity contribution in [2.75, 3.05) is 12.4 Å². The number of nitrogens with zero attached hydrogens (tertiary/aromatic N) is 2. The molecule has 1 amide bonds. The largest absolute Gasteiger partial charge is 0.481 e. The summed E-state index contributed by atoms with van der Waals surface area (Å²) in [5.41, 5.74) is 2.06. The van der Waals surface area contributed by atoms with Crippen molar-refractivity contribution in [2.45, 2.75) is 6.92 Å². The Balaban J connectivity index is 2.22. The van der Waals surface area contributed by atoms with Crippen LogP contribution in [0, 0.1) is 6.92 Å².